The van der Waals surface area contributed by atoms with E-state index in [0.29, 0.717) is 27.7 Å². The van der Waals surface area contributed by atoms with Crippen LogP contribution in [0.1, 0.15) is 21.7 Å². The van der Waals surface area contributed by atoms with Gasteiger partial charge in [-0.3, -0.25) is 4.79 Å². The van der Waals surface area contributed by atoms with Gasteiger partial charge in [-0.2, -0.15) is 0 Å². The smallest absolute Gasteiger partial charge is 0.375 e. The largest absolute Gasteiger partial charge is 0.454 e. The Kier molecular flexibility index (Phi) is 4.83. The van der Waals surface area contributed by atoms with Crippen LogP contribution in [0.5, 0.6) is 11.5 Å². The summed E-state index contributed by atoms with van der Waals surface area (Å²) in [7, 11) is 0. The van der Waals surface area contributed by atoms with Crippen molar-refractivity contribution in [1.82, 2.24) is 5.32 Å². The fourth-order valence-electron chi connectivity index (χ4n) is 2.90. The lowest BCUT2D eigenvalue weighted by molar-refractivity contribution is -0.124. The van der Waals surface area contributed by atoms with Gasteiger partial charge in [0.25, 0.3) is 5.91 Å². The molecule has 1 N–H and O–H groups in total. The van der Waals surface area contributed by atoms with Gasteiger partial charge in [-0.15, -0.1) is 0 Å². The quantitative estimate of drug-likeness (QED) is 0.657. The average Bonchev–Trinajstić information content (AvgIpc) is 3.29. The number of benzene rings is 2. The van der Waals surface area contributed by atoms with Gasteiger partial charge >= 0.3 is 5.97 Å². The van der Waals surface area contributed by atoms with Gasteiger partial charge in [0.1, 0.15) is 0 Å². The summed E-state index contributed by atoms with van der Waals surface area (Å²) in [5, 5.41) is 3.82. The van der Waals surface area contributed by atoms with Crippen molar-refractivity contribution in [1.29, 1.82) is 0 Å². The molecule has 0 radical (unpaired) electrons. The Hall–Kier alpha value is -3.19. The highest BCUT2D eigenvalue weighted by Gasteiger charge is 2.21. The van der Waals surface area contributed by atoms with Crippen molar-refractivity contribution in [3.05, 3.63) is 58.3 Å². The molecule has 144 valence electrons. The Balaban J connectivity index is 1.34. The predicted octanol–water partition coefficient (Wildman–Crippen LogP) is 3.60. The molecule has 0 fully saturated rings. The van der Waals surface area contributed by atoms with Crippen LogP contribution in [-0.4, -0.2) is 25.3 Å². The van der Waals surface area contributed by atoms with E-state index in [0.717, 1.165) is 10.9 Å². The molecule has 28 heavy (non-hydrogen) atoms. The van der Waals surface area contributed by atoms with E-state index in [2.05, 4.69) is 5.32 Å². The number of carbonyl (C=O) groups is 2. The van der Waals surface area contributed by atoms with E-state index < -0.39 is 18.5 Å². The first kappa shape index (κ1) is 18.2. The van der Waals surface area contributed by atoms with Crippen molar-refractivity contribution in [2.45, 2.75) is 13.5 Å². The number of furan rings is 1. The third kappa shape index (κ3) is 3.48. The molecule has 1 aliphatic heterocycles. The maximum Gasteiger partial charge on any atom is 0.375 e. The van der Waals surface area contributed by atoms with E-state index in [1.165, 1.54) is 0 Å². The normalized spacial score (nSPS) is 12.2. The number of rotatable bonds is 5. The zero-order chi connectivity index (χ0) is 19.7. The molecule has 0 bridgehead atoms. The van der Waals surface area contributed by atoms with E-state index in [4.69, 9.17) is 30.2 Å². The monoisotopic (exact) mass is 401 g/mol. The standard InChI is InChI=1S/C20H16ClNO6/c1-11-13-3-2-4-14(21)19(13)28-18(11)20(24)25-9-17(23)22-8-12-5-6-15-16(7-12)27-10-26-15/h2-7H,8-10H2,1H3,(H,22,23). The molecule has 0 aliphatic carbocycles. The average molecular weight is 402 g/mol. The number of hydrogen-bond acceptors (Lipinski definition) is 6. The Morgan fingerprint density at radius 2 is 2.00 bits per heavy atom. The first-order valence-electron chi connectivity index (χ1n) is 8.53. The first-order chi connectivity index (χ1) is 13.5. The van der Waals surface area contributed by atoms with Crippen LogP contribution in [-0.2, 0) is 16.1 Å². The third-order valence-electron chi connectivity index (χ3n) is 4.36. The molecule has 0 unspecified atom stereocenters. The maximum atomic E-state index is 12.3. The number of aryl methyl sites for hydroxylation is 1. The highest BCUT2D eigenvalue weighted by molar-refractivity contribution is 6.35. The molecule has 2 heterocycles. The van der Waals surface area contributed by atoms with E-state index in [1.54, 1.807) is 37.3 Å². The number of esters is 1. The van der Waals surface area contributed by atoms with Crippen LogP contribution in [0.15, 0.2) is 40.8 Å². The lowest BCUT2D eigenvalue weighted by atomic mass is 10.1. The molecular formula is C20H16ClNO6. The summed E-state index contributed by atoms with van der Waals surface area (Å²) < 4.78 is 21.1. The predicted molar refractivity (Wildman–Crippen MR) is 101 cm³/mol. The van der Waals surface area contributed by atoms with Crippen molar-refractivity contribution in [3.63, 3.8) is 0 Å². The Labute approximate surface area is 165 Å². The van der Waals surface area contributed by atoms with Crippen LogP contribution in [0, 0.1) is 6.92 Å². The number of halogens is 1. The van der Waals surface area contributed by atoms with E-state index >= 15 is 0 Å². The van der Waals surface area contributed by atoms with Crippen LogP contribution < -0.4 is 14.8 Å². The number of carbonyl (C=O) groups excluding carboxylic acids is 2. The summed E-state index contributed by atoms with van der Waals surface area (Å²) in [6.07, 6.45) is 0. The van der Waals surface area contributed by atoms with Crippen molar-refractivity contribution in [2.24, 2.45) is 0 Å². The minimum atomic E-state index is -0.719. The van der Waals surface area contributed by atoms with Gasteiger partial charge < -0.3 is 23.9 Å². The van der Waals surface area contributed by atoms with Crippen molar-refractivity contribution in [2.75, 3.05) is 13.4 Å². The fraction of sp³-hybridized carbons (Fsp3) is 0.200. The number of amides is 1. The van der Waals surface area contributed by atoms with E-state index in [-0.39, 0.29) is 19.1 Å². The zero-order valence-corrected chi connectivity index (χ0v) is 15.7. The molecule has 4 rings (SSSR count). The summed E-state index contributed by atoms with van der Waals surface area (Å²) >= 11 is 6.08. The number of ether oxygens (including phenoxy) is 3. The second kappa shape index (κ2) is 7.44. The van der Waals surface area contributed by atoms with Crippen LogP contribution >= 0.6 is 11.6 Å². The van der Waals surface area contributed by atoms with Gasteiger partial charge in [0, 0.05) is 17.5 Å². The van der Waals surface area contributed by atoms with Gasteiger partial charge in [-0.1, -0.05) is 29.8 Å². The molecular weight excluding hydrogens is 386 g/mol. The Bertz CT molecular complexity index is 1070. The molecule has 0 atom stereocenters. The van der Waals surface area contributed by atoms with Crippen molar-refractivity contribution in [3.8, 4) is 11.5 Å². The third-order valence-corrected chi connectivity index (χ3v) is 4.66. The molecule has 2 aromatic carbocycles. The molecule has 0 spiro atoms. The Morgan fingerprint density at radius 3 is 2.82 bits per heavy atom. The van der Waals surface area contributed by atoms with Gasteiger partial charge in [-0.25, -0.2) is 4.79 Å². The van der Waals surface area contributed by atoms with Crippen molar-refractivity contribution < 1.29 is 28.2 Å². The number of nitrogens with one attached hydrogen (secondary N) is 1. The lowest BCUT2D eigenvalue weighted by Crippen LogP contribution is -2.28. The molecule has 1 amide bonds. The molecule has 8 heteroatoms. The van der Waals surface area contributed by atoms with Gasteiger partial charge in [0.05, 0.1) is 5.02 Å². The van der Waals surface area contributed by atoms with Gasteiger partial charge in [0.2, 0.25) is 12.6 Å². The molecule has 3 aromatic rings. The molecule has 0 saturated heterocycles. The molecule has 0 saturated carbocycles. The molecule has 1 aliphatic rings. The van der Waals surface area contributed by atoms with Crippen LogP contribution in [0.25, 0.3) is 11.0 Å². The summed E-state index contributed by atoms with van der Waals surface area (Å²) in [6, 6.07) is 10.6. The first-order valence-corrected chi connectivity index (χ1v) is 8.90. The van der Waals surface area contributed by atoms with E-state index in [9.17, 15) is 9.59 Å². The van der Waals surface area contributed by atoms with E-state index in [1.807, 2.05) is 6.07 Å². The molecule has 7 nitrogen and oxygen atoms in total. The van der Waals surface area contributed by atoms with Gasteiger partial charge in [0.15, 0.2) is 23.7 Å². The number of hydrogen-bond donors (Lipinski definition) is 1. The highest BCUT2D eigenvalue weighted by atomic mass is 35.5. The fourth-order valence-corrected chi connectivity index (χ4v) is 3.12. The summed E-state index contributed by atoms with van der Waals surface area (Å²) in [6.45, 7) is 1.77. The second-order valence-electron chi connectivity index (χ2n) is 6.21. The summed E-state index contributed by atoms with van der Waals surface area (Å²) in [4.78, 5) is 24.3. The summed E-state index contributed by atoms with van der Waals surface area (Å²) in [5.74, 6) is 0.190. The number of fused-ring (bicyclic) bond motifs is 2. The van der Waals surface area contributed by atoms with Crippen molar-refractivity contribution >= 4 is 34.4 Å². The summed E-state index contributed by atoms with van der Waals surface area (Å²) in [5.41, 5.74) is 1.87. The van der Waals surface area contributed by atoms with Crippen LogP contribution in [0.4, 0.5) is 0 Å². The topological polar surface area (TPSA) is 87.0 Å². The lowest BCUT2D eigenvalue weighted by Gasteiger charge is -2.07. The highest BCUT2D eigenvalue weighted by Crippen LogP contribution is 2.32. The maximum absolute atomic E-state index is 12.3. The zero-order valence-electron chi connectivity index (χ0n) is 14.9. The number of para-hydroxylation sites is 1. The van der Waals surface area contributed by atoms with Gasteiger partial charge in [-0.05, 0) is 30.7 Å². The van der Waals surface area contributed by atoms with Crippen LogP contribution in [0.2, 0.25) is 5.02 Å². The SMILES string of the molecule is Cc1c(C(=O)OCC(=O)NCc2ccc3c(c2)OCO3)oc2c(Cl)cccc12. The minimum Gasteiger partial charge on any atom is -0.454 e. The minimum absolute atomic E-state index is 0.0340. The second-order valence-corrected chi connectivity index (χ2v) is 6.62. The molecule has 1 aromatic heterocycles. The Morgan fingerprint density at radius 1 is 1.18 bits per heavy atom. The van der Waals surface area contributed by atoms with Crippen LogP contribution in [0.3, 0.4) is 0 Å².